The summed E-state index contributed by atoms with van der Waals surface area (Å²) in [6, 6.07) is 8.73. The van der Waals surface area contributed by atoms with Crippen LogP contribution in [0.15, 0.2) is 24.3 Å². The molecule has 2 N–H and O–H groups in total. The van der Waals surface area contributed by atoms with Crippen molar-refractivity contribution in [1.29, 1.82) is 0 Å². The highest BCUT2D eigenvalue weighted by atomic mass is 35.5. The largest absolute Gasteiger partial charge is 0.399 e. The number of hydrogen-bond acceptors (Lipinski definition) is 3. The molecular weight excluding hydrogens is 260 g/mol. The second-order valence-corrected chi connectivity index (χ2v) is 5.57. The number of anilines is 1. The van der Waals surface area contributed by atoms with E-state index in [0.717, 1.165) is 32.0 Å². The molecule has 1 saturated heterocycles. The maximum Gasteiger partial charge on any atom is 0.0622 e. The van der Waals surface area contributed by atoms with E-state index in [-0.39, 0.29) is 12.4 Å². The molecule has 1 aromatic rings. The Balaban J connectivity index is 0.00000180. The molecule has 0 spiro atoms. The van der Waals surface area contributed by atoms with Gasteiger partial charge in [-0.25, -0.2) is 0 Å². The second kappa shape index (κ2) is 7.73. The third-order valence-electron chi connectivity index (χ3n) is 3.43. The van der Waals surface area contributed by atoms with Gasteiger partial charge in [-0.3, -0.25) is 4.90 Å². The summed E-state index contributed by atoms with van der Waals surface area (Å²) in [5.74, 6) is 0.708. The van der Waals surface area contributed by atoms with E-state index < -0.39 is 0 Å². The van der Waals surface area contributed by atoms with Crippen LogP contribution in [0.2, 0.25) is 0 Å². The van der Waals surface area contributed by atoms with Gasteiger partial charge in [0.2, 0.25) is 0 Å². The van der Waals surface area contributed by atoms with Crippen LogP contribution < -0.4 is 5.73 Å². The summed E-state index contributed by atoms with van der Waals surface area (Å²) in [5.41, 5.74) is 7.98. The van der Waals surface area contributed by atoms with E-state index in [1.165, 1.54) is 12.0 Å². The lowest BCUT2D eigenvalue weighted by atomic mass is 10.0. The highest BCUT2D eigenvalue weighted by molar-refractivity contribution is 5.85. The van der Waals surface area contributed by atoms with Crippen molar-refractivity contribution in [3.63, 3.8) is 0 Å². The molecule has 0 bridgehead atoms. The van der Waals surface area contributed by atoms with Crippen molar-refractivity contribution in [3.05, 3.63) is 29.8 Å². The van der Waals surface area contributed by atoms with Gasteiger partial charge in [0, 0.05) is 24.8 Å². The van der Waals surface area contributed by atoms with Gasteiger partial charge in [0.05, 0.1) is 13.2 Å². The standard InChI is InChI=1S/C15H24N2O.ClH/c1-12(2)8-15-11-18-7-6-17(15)10-13-4-3-5-14(16)9-13;/h3-5,9,12,15H,6-8,10-11,16H2,1-2H3;1H. The molecule has 1 fully saturated rings. The normalized spacial score (nSPS) is 20.3. The maximum atomic E-state index is 5.84. The van der Waals surface area contributed by atoms with Crippen molar-refractivity contribution in [1.82, 2.24) is 4.90 Å². The zero-order chi connectivity index (χ0) is 13.0. The van der Waals surface area contributed by atoms with Crippen molar-refractivity contribution < 1.29 is 4.74 Å². The minimum atomic E-state index is 0. The van der Waals surface area contributed by atoms with Crippen LogP contribution in [0.25, 0.3) is 0 Å². The molecule has 1 unspecified atom stereocenters. The van der Waals surface area contributed by atoms with Crippen molar-refractivity contribution in [3.8, 4) is 0 Å². The third kappa shape index (κ3) is 5.01. The van der Waals surface area contributed by atoms with Crippen LogP contribution in [-0.4, -0.2) is 30.7 Å². The number of nitrogen functional groups attached to an aromatic ring is 1. The molecule has 1 aromatic carbocycles. The number of nitrogens with two attached hydrogens (primary N) is 1. The second-order valence-electron chi connectivity index (χ2n) is 5.57. The molecule has 0 amide bonds. The Labute approximate surface area is 122 Å². The van der Waals surface area contributed by atoms with Crippen LogP contribution in [-0.2, 0) is 11.3 Å². The summed E-state index contributed by atoms with van der Waals surface area (Å²) in [6.45, 7) is 8.25. The molecule has 108 valence electrons. The highest BCUT2D eigenvalue weighted by Crippen LogP contribution is 2.19. The number of ether oxygens (including phenoxy) is 1. The summed E-state index contributed by atoms with van der Waals surface area (Å²) in [7, 11) is 0. The number of halogens is 1. The molecule has 0 radical (unpaired) electrons. The summed E-state index contributed by atoms with van der Waals surface area (Å²) in [5, 5.41) is 0. The first kappa shape index (κ1) is 16.3. The van der Waals surface area contributed by atoms with Crippen LogP contribution >= 0.6 is 12.4 Å². The van der Waals surface area contributed by atoms with E-state index in [0.29, 0.717) is 12.0 Å². The molecule has 1 heterocycles. The lowest BCUT2D eigenvalue weighted by molar-refractivity contribution is -0.0186. The number of morpholine rings is 1. The first-order valence-corrected chi connectivity index (χ1v) is 6.81. The van der Waals surface area contributed by atoms with E-state index in [1.807, 2.05) is 12.1 Å². The molecule has 3 nitrogen and oxygen atoms in total. The fourth-order valence-corrected chi connectivity index (χ4v) is 2.58. The van der Waals surface area contributed by atoms with Crippen LogP contribution in [0, 0.1) is 5.92 Å². The molecule has 0 saturated carbocycles. The summed E-state index contributed by atoms with van der Waals surface area (Å²) in [4.78, 5) is 2.53. The zero-order valence-corrected chi connectivity index (χ0v) is 12.7. The molecule has 0 aliphatic carbocycles. The maximum absolute atomic E-state index is 5.84. The quantitative estimate of drug-likeness (QED) is 0.864. The molecule has 0 aromatic heterocycles. The van der Waals surface area contributed by atoms with Crippen molar-refractivity contribution in [2.75, 3.05) is 25.5 Å². The molecule has 1 aliphatic heterocycles. The van der Waals surface area contributed by atoms with E-state index >= 15 is 0 Å². The Kier molecular flexibility index (Phi) is 6.63. The highest BCUT2D eigenvalue weighted by Gasteiger charge is 2.23. The van der Waals surface area contributed by atoms with Gasteiger partial charge < -0.3 is 10.5 Å². The van der Waals surface area contributed by atoms with Crippen LogP contribution in [0.1, 0.15) is 25.8 Å². The first-order chi connectivity index (χ1) is 8.65. The van der Waals surface area contributed by atoms with Gasteiger partial charge in [0.1, 0.15) is 0 Å². The third-order valence-corrected chi connectivity index (χ3v) is 3.43. The van der Waals surface area contributed by atoms with Crippen LogP contribution in [0.5, 0.6) is 0 Å². The first-order valence-electron chi connectivity index (χ1n) is 6.81. The average Bonchev–Trinajstić information content (AvgIpc) is 2.31. The monoisotopic (exact) mass is 284 g/mol. The van der Waals surface area contributed by atoms with Gasteiger partial charge in [-0.2, -0.15) is 0 Å². The summed E-state index contributed by atoms with van der Waals surface area (Å²) >= 11 is 0. The molecule has 1 atom stereocenters. The Hall–Kier alpha value is -0.770. The van der Waals surface area contributed by atoms with E-state index in [4.69, 9.17) is 10.5 Å². The van der Waals surface area contributed by atoms with Crippen molar-refractivity contribution in [2.45, 2.75) is 32.9 Å². The molecule has 19 heavy (non-hydrogen) atoms. The topological polar surface area (TPSA) is 38.5 Å². The fourth-order valence-electron chi connectivity index (χ4n) is 2.58. The Bertz CT molecular complexity index is 384. The molecule has 4 heteroatoms. The fraction of sp³-hybridized carbons (Fsp3) is 0.600. The predicted molar refractivity (Wildman–Crippen MR) is 82.6 cm³/mol. The van der Waals surface area contributed by atoms with E-state index in [1.54, 1.807) is 0 Å². The van der Waals surface area contributed by atoms with Gasteiger partial charge in [-0.1, -0.05) is 26.0 Å². The van der Waals surface area contributed by atoms with E-state index in [2.05, 4.69) is 30.9 Å². The zero-order valence-electron chi connectivity index (χ0n) is 11.8. The minimum Gasteiger partial charge on any atom is -0.399 e. The van der Waals surface area contributed by atoms with E-state index in [9.17, 15) is 0 Å². The lowest BCUT2D eigenvalue weighted by Crippen LogP contribution is -2.45. The Morgan fingerprint density at radius 2 is 2.21 bits per heavy atom. The molecular formula is C15H25ClN2O. The predicted octanol–water partition coefficient (Wildman–Crippen LogP) is 2.94. The number of benzene rings is 1. The SMILES string of the molecule is CC(C)CC1COCCN1Cc1cccc(N)c1.Cl. The number of nitrogens with zero attached hydrogens (tertiary/aromatic N) is 1. The van der Waals surface area contributed by atoms with Crippen LogP contribution in [0.3, 0.4) is 0 Å². The van der Waals surface area contributed by atoms with Crippen molar-refractivity contribution >= 4 is 18.1 Å². The van der Waals surface area contributed by atoms with Gasteiger partial charge in [0.25, 0.3) is 0 Å². The van der Waals surface area contributed by atoms with Gasteiger partial charge in [-0.15, -0.1) is 12.4 Å². The average molecular weight is 285 g/mol. The lowest BCUT2D eigenvalue weighted by Gasteiger charge is -2.36. The summed E-state index contributed by atoms with van der Waals surface area (Å²) in [6.07, 6.45) is 1.20. The van der Waals surface area contributed by atoms with Crippen LogP contribution in [0.4, 0.5) is 5.69 Å². The van der Waals surface area contributed by atoms with Gasteiger partial charge in [0.15, 0.2) is 0 Å². The smallest absolute Gasteiger partial charge is 0.0622 e. The minimum absolute atomic E-state index is 0. The Morgan fingerprint density at radius 1 is 1.42 bits per heavy atom. The molecule has 1 aliphatic rings. The Morgan fingerprint density at radius 3 is 2.89 bits per heavy atom. The number of rotatable bonds is 4. The van der Waals surface area contributed by atoms with Crippen molar-refractivity contribution in [2.24, 2.45) is 5.92 Å². The van der Waals surface area contributed by atoms with Gasteiger partial charge in [-0.05, 0) is 30.0 Å². The summed E-state index contributed by atoms with van der Waals surface area (Å²) < 4.78 is 5.61. The molecule has 2 rings (SSSR count). The number of hydrogen-bond donors (Lipinski definition) is 1. The van der Waals surface area contributed by atoms with Gasteiger partial charge >= 0.3 is 0 Å².